The Bertz CT molecular complexity index is 667. The molecule has 3 rings (SSSR count). The van der Waals surface area contributed by atoms with E-state index in [1.807, 2.05) is 24.3 Å². The Morgan fingerprint density at radius 1 is 1.40 bits per heavy atom. The summed E-state index contributed by atoms with van der Waals surface area (Å²) in [7, 11) is 0. The summed E-state index contributed by atoms with van der Waals surface area (Å²) in [6.45, 7) is 2.60. The number of nitrogens with zero attached hydrogens (tertiary/aromatic N) is 1. The van der Waals surface area contributed by atoms with Crippen LogP contribution in [0.1, 0.15) is 6.42 Å². The molecule has 106 valence electrons. The highest BCUT2D eigenvalue weighted by Gasteiger charge is 2.21. The molecule has 0 saturated carbocycles. The summed E-state index contributed by atoms with van der Waals surface area (Å²) in [6.07, 6.45) is 0.888. The Hall–Kier alpha value is -2.08. The number of H-pyrrole nitrogens is 1. The van der Waals surface area contributed by atoms with E-state index in [-0.39, 0.29) is 17.5 Å². The number of rotatable bonds is 4. The van der Waals surface area contributed by atoms with Gasteiger partial charge in [-0.25, -0.2) is 4.79 Å². The molecule has 2 aromatic rings. The van der Waals surface area contributed by atoms with Crippen molar-refractivity contribution in [1.29, 1.82) is 0 Å². The largest absolute Gasteiger partial charge is 0.354 e. The maximum atomic E-state index is 11.9. The fourth-order valence-corrected chi connectivity index (χ4v) is 2.64. The number of aromatic amines is 1. The average Bonchev–Trinajstić information content (AvgIpc) is 3.07. The predicted molar refractivity (Wildman–Crippen MR) is 76.5 cm³/mol. The van der Waals surface area contributed by atoms with Crippen molar-refractivity contribution in [3.63, 3.8) is 0 Å². The van der Waals surface area contributed by atoms with Gasteiger partial charge in [0.1, 0.15) is 0 Å². The Labute approximate surface area is 116 Å². The molecular weight excluding hydrogens is 256 g/mol. The molecule has 1 unspecified atom stereocenters. The number of hydrogen-bond acceptors (Lipinski definition) is 3. The third-order valence-electron chi connectivity index (χ3n) is 3.75. The number of fused-ring (bicyclic) bond motifs is 1. The molecule has 1 saturated heterocycles. The second kappa shape index (κ2) is 5.50. The Balaban J connectivity index is 1.64. The SMILES string of the molecule is O=C(NCCn1c(=O)[nH]c2ccccc21)C1CCNC1. The molecule has 1 aliphatic heterocycles. The van der Waals surface area contributed by atoms with Crippen molar-refractivity contribution >= 4 is 16.9 Å². The lowest BCUT2D eigenvalue weighted by Gasteiger charge is -2.10. The minimum Gasteiger partial charge on any atom is -0.354 e. The fourth-order valence-electron chi connectivity index (χ4n) is 2.64. The van der Waals surface area contributed by atoms with Crippen LogP contribution in [0.4, 0.5) is 0 Å². The Morgan fingerprint density at radius 2 is 2.25 bits per heavy atom. The van der Waals surface area contributed by atoms with Gasteiger partial charge in [-0.2, -0.15) is 0 Å². The van der Waals surface area contributed by atoms with E-state index in [4.69, 9.17) is 0 Å². The van der Waals surface area contributed by atoms with E-state index in [2.05, 4.69) is 15.6 Å². The van der Waals surface area contributed by atoms with Crippen molar-refractivity contribution in [1.82, 2.24) is 20.2 Å². The van der Waals surface area contributed by atoms with E-state index >= 15 is 0 Å². The summed E-state index contributed by atoms with van der Waals surface area (Å²) >= 11 is 0. The van der Waals surface area contributed by atoms with E-state index in [1.165, 1.54) is 0 Å². The van der Waals surface area contributed by atoms with Crippen molar-refractivity contribution < 1.29 is 4.79 Å². The molecule has 1 amide bonds. The molecule has 1 atom stereocenters. The second-order valence-electron chi connectivity index (χ2n) is 5.08. The number of aromatic nitrogens is 2. The van der Waals surface area contributed by atoms with Crippen LogP contribution in [0.3, 0.4) is 0 Å². The van der Waals surface area contributed by atoms with Gasteiger partial charge in [0.25, 0.3) is 0 Å². The van der Waals surface area contributed by atoms with Gasteiger partial charge in [-0.05, 0) is 25.1 Å². The number of carbonyl (C=O) groups is 1. The minimum absolute atomic E-state index is 0.0645. The highest BCUT2D eigenvalue weighted by atomic mass is 16.2. The highest BCUT2D eigenvalue weighted by Crippen LogP contribution is 2.09. The summed E-state index contributed by atoms with van der Waals surface area (Å²) < 4.78 is 1.66. The zero-order chi connectivity index (χ0) is 13.9. The molecule has 1 aromatic heterocycles. The molecule has 0 bridgehead atoms. The van der Waals surface area contributed by atoms with E-state index in [0.29, 0.717) is 13.1 Å². The first-order valence-corrected chi connectivity index (χ1v) is 6.91. The first-order chi connectivity index (χ1) is 9.75. The fraction of sp³-hybridized carbons (Fsp3) is 0.429. The van der Waals surface area contributed by atoms with Gasteiger partial charge in [-0.15, -0.1) is 0 Å². The normalized spacial score (nSPS) is 18.5. The second-order valence-corrected chi connectivity index (χ2v) is 5.08. The number of para-hydroxylation sites is 2. The van der Waals surface area contributed by atoms with Gasteiger partial charge in [0.15, 0.2) is 0 Å². The molecule has 0 aliphatic carbocycles. The lowest BCUT2D eigenvalue weighted by Crippen LogP contribution is -2.35. The lowest BCUT2D eigenvalue weighted by atomic mass is 10.1. The first-order valence-electron chi connectivity index (χ1n) is 6.91. The molecule has 0 spiro atoms. The van der Waals surface area contributed by atoms with Crippen LogP contribution in [0.15, 0.2) is 29.1 Å². The van der Waals surface area contributed by atoms with E-state index in [0.717, 1.165) is 30.5 Å². The molecule has 0 radical (unpaired) electrons. The van der Waals surface area contributed by atoms with Gasteiger partial charge < -0.3 is 15.6 Å². The summed E-state index contributed by atoms with van der Waals surface area (Å²) in [5, 5.41) is 6.07. The zero-order valence-electron chi connectivity index (χ0n) is 11.2. The molecule has 6 heteroatoms. The smallest absolute Gasteiger partial charge is 0.326 e. The van der Waals surface area contributed by atoms with Crippen molar-refractivity contribution in [3.05, 3.63) is 34.7 Å². The highest BCUT2D eigenvalue weighted by molar-refractivity contribution is 5.79. The zero-order valence-corrected chi connectivity index (χ0v) is 11.2. The van der Waals surface area contributed by atoms with Gasteiger partial charge >= 0.3 is 5.69 Å². The Morgan fingerprint density at radius 3 is 3.05 bits per heavy atom. The van der Waals surface area contributed by atoms with Crippen molar-refractivity contribution in [2.45, 2.75) is 13.0 Å². The van der Waals surface area contributed by atoms with Crippen LogP contribution >= 0.6 is 0 Å². The maximum Gasteiger partial charge on any atom is 0.326 e. The minimum atomic E-state index is -0.136. The molecule has 3 N–H and O–H groups in total. The summed E-state index contributed by atoms with van der Waals surface area (Å²) in [5.41, 5.74) is 1.56. The number of hydrogen-bond donors (Lipinski definition) is 3. The first kappa shape index (κ1) is 12.9. The van der Waals surface area contributed by atoms with Crippen LogP contribution in [0.25, 0.3) is 11.0 Å². The summed E-state index contributed by atoms with van der Waals surface area (Å²) in [4.78, 5) is 26.5. The van der Waals surface area contributed by atoms with Crippen LogP contribution in [0.2, 0.25) is 0 Å². The summed E-state index contributed by atoms with van der Waals surface area (Å²) in [6, 6.07) is 7.55. The number of nitrogens with one attached hydrogen (secondary N) is 3. The van der Waals surface area contributed by atoms with Gasteiger partial charge in [-0.1, -0.05) is 12.1 Å². The van der Waals surface area contributed by atoms with E-state index < -0.39 is 0 Å². The third-order valence-corrected chi connectivity index (χ3v) is 3.75. The molecule has 1 fully saturated rings. The third kappa shape index (κ3) is 2.46. The van der Waals surface area contributed by atoms with Crippen LogP contribution in [0, 0.1) is 5.92 Å². The van der Waals surface area contributed by atoms with E-state index in [9.17, 15) is 9.59 Å². The van der Waals surface area contributed by atoms with Crippen molar-refractivity contribution in [2.75, 3.05) is 19.6 Å². The van der Waals surface area contributed by atoms with Crippen molar-refractivity contribution in [3.8, 4) is 0 Å². The maximum absolute atomic E-state index is 11.9. The molecular formula is C14H18N4O2. The number of imidazole rings is 1. The van der Waals surface area contributed by atoms with Crippen molar-refractivity contribution in [2.24, 2.45) is 5.92 Å². The van der Waals surface area contributed by atoms with Gasteiger partial charge in [-0.3, -0.25) is 9.36 Å². The number of amides is 1. The monoisotopic (exact) mass is 274 g/mol. The lowest BCUT2D eigenvalue weighted by molar-refractivity contribution is -0.124. The average molecular weight is 274 g/mol. The topological polar surface area (TPSA) is 78.9 Å². The Kier molecular flexibility index (Phi) is 3.56. The summed E-state index contributed by atoms with van der Waals surface area (Å²) in [5.74, 6) is 0.137. The molecule has 1 aromatic carbocycles. The number of benzene rings is 1. The van der Waals surface area contributed by atoms with Crippen LogP contribution in [-0.4, -0.2) is 35.1 Å². The van der Waals surface area contributed by atoms with Crippen LogP contribution < -0.4 is 16.3 Å². The van der Waals surface area contributed by atoms with E-state index in [1.54, 1.807) is 4.57 Å². The molecule has 2 heterocycles. The molecule has 6 nitrogen and oxygen atoms in total. The van der Waals surface area contributed by atoms with Gasteiger partial charge in [0.2, 0.25) is 5.91 Å². The molecule has 20 heavy (non-hydrogen) atoms. The number of carbonyl (C=O) groups excluding carboxylic acids is 1. The van der Waals surface area contributed by atoms with Crippen LogP contribution in [-0.2, 0) is 11.3 Å². The standard InChI is InChI=1S/C14H18N4O2/c19-13(10-5-6-15-9-10)16-7-8-18-12-4-2-1-3-11(12)17-14(18)20/h1-4,10,15H,5-9H2,(H,16,19)(H,17,20). The van der Waals surface area contributed by atoms with Crippen LogP contribution in [0.5, 0.6) is 0 Å². The molecule has 1 aliphatic rings. The van der Waals surface area contributed by atoms with Gasteiger partial charge in [0, 0.05) is 19.6 Å². The quantitative estimate of drug-likeness (QED) is 0.737. The van der Waals surface area contributed by atoms with Gasteiger partial charge in [0.05, 0.1) is 17.0 Å². The predicted octanol–water partition coefficient (Wildman–Crippen LogP) is 0.0553.